The number of rotatable bonds is 5. The zero-order chi connectivity index (χ0) is 18.0. The van der Waals surface area contributed by atoms with E-state index in [4.69, 9.17) is 4.74 Å². The van der Waals surface area contributed by atoms with Crippen molar-refractivity contribution in [1.29, 1.82) is 0 Å². The first kappa shape index (κ1) is 17.7. The van der Waals surface area contributed by atoms with Crippen LogP contribution in [-0.4, -0.2) is 29.2 Å². The molecule has 5 heteroatoms. The zero-order valence-electron chi connectivity index (χ0n) is 15.5. The molecule has 1 aromatic heterocycles. The molecule has 1 aliphatic rings. The van der Waals surface area contributed by atoms with E-state index in [9.17, 15) is 4.79 Å². The summed E-state index contributed by atoms with van der Waals surface area (Å²) in [5.41, 5.74) is 3.01. The van der Waals surface area contributed by atoms with Crippen LogP contribution in [-0.2, 0) is 4.74 Å². The van der Waals surface area contributed by atoms with Gasteiger partial charge in [0.2, 0.25) is 0 Å². The average Bonchev–Trinajstić information content (AvgIpc) is 3.07. The van der Waals surface area contributed by atoms with Gasteiger partial charge in [-0.15, -0.1) is 0 Å². The molecular weight excluding hydrogens is 314 g/mol. The Labute approximate surface area is 149 Å². The highest BCUT2D eigenvalue weighted by atomic mass is 16.5. The maximum atomic E-state index is 12.2. The Morgan fingerprint density at radius 1 is 1.36 bits per heavy atom. The summed E-state index contributed by atoms with van der Waals surface area (Å²) >= 11 is 0. The van der Waals surface area contributed by atoms with Gasteiger partial charge in [-0.25, -0.2) is 9.78 Å². The monoisotopic (exact) mass is 341 g/mol. The summed E-state index contributed by atoms with van der Waals surface area (Å²) in [5.74, 6) is -0.350. The largest absolute Gasteiger partial charge is 0.464 e. The van der Waals surface area contributed by atoms with Crippen LogP contribution < -0.4 is 5.32 Å². The molecular formula is C20H27N3O2. The minimum Gasteiger partial charge on any atom is -0.464 e. The molecule has 0 aliphatic heterocycles. The molecule has 2 atom stereocenters. The highest BCUT2D eigenvalue weighted by Crippen LogP contribution is 2.50. The van der Waals surface area contributed by atoms with Crippen molar-refractivity contribution in [3.8, 4) is 0 Å². The van der Waals surface area contributed by atoms with Crippen molar-refractivity contribution in [2.75, 3.05) is 13.7 Å². The Hall–Kier alpha value is -2.14. The lowest BCUT2D eigenvalue weighted by molar-refractivity contribution is 0.0579. The molecule has 25 heavy (non-hydrogen) atoms. The molecule has 1 aromatic carbocycles. The molecule has 5 nitrogen and oxygen atoms in total. The van der Waals surface area contributed by atoms with E-state index < -0.39 is 0 Å². The first-order valence-electron chi connectivity index (χ1n) is 8.92. The van der Waals surface area contributed by atoms with Crippen molar-refractivity contribution in [2.24, 2.45) is 5.41 Å². The summed E-state index contributed by atoms with van der Waals surface area (Å²) < 4.78 is 6.92. The molecule has 0 unspecified atom stereocenters. The Kier molecular flexibility index (Phi) is 4.95. The SMILES string of the molecule is CCCN[C@@H]1CC(C)(C)[C@@H](n2cncc2C(=O)OC)c2ccccc21. The van der Waals surface area contributed by atoms with Crippen LogP contribution in [0.5, 0.6) is 0 Å². The van der Waals surface area contributed by atoms with Crippen LogP contribution in [0.4, 0.5) is 0 Å². The van der Waals surface area contributed by atoms with Gasteiger partial charge in [-0.2, -0.15) is 0 Å². The summed E-state index contributed by atoms with van der Waals surface area (Å²) in [7, 11) is 1.41. The average molecular weight is 341 g/mol. The predicted octanol–water partition coefficient (Wildman–Crippen LogP) is 3.73. The van der Waals surface area contributed by atoms with Crippen LogP contribution in [0, 0.1) is 5.41 Å². The number of hydrogen-bond acceptors (Lipinski definition) is 4. The Balaban J connectivity index is 2.10. The van der Waals surface area contributed by atoms with Gasteiger partial charge >= 0.3 is 5.97 Å². The number of aromatic nitrogens is 2. The molecule has 134 valence electrons. The number of carbonyl (C=O) groups excluding carboxylic acids is 1. The fraction of sp³-hybridized carbons (Fsp3) is 0.500. The predicted molar refractivity (Wildman–Crippen MR) is 97.6 cm³/mol. The summed E-state index contributed by atoms with van der Waals surface area (Å²) in [6.45, 7) is 7.70. The zero-order valence-corrected chi connectivity index (χ0v) is 15.5. The van der Waals surface area contributed by atoms with Crippen LogP contribution in [0.3, 0.4) is 0 Å². The Bertz CT molecular complexity index is 751. The fourth-order valence-corrected chi connectivity index (χ4v) is 4.05. The first-order chi connectivity index (χ1) is 12.0. The highest BCUT2D eigenvalue weighted by Gasteiger charge is 2.42. The van der Waals surface area contributed by atoms with Gasteiger partial charge in [-0.1, -0.05) is 45.0 Å². The number of ether oxygens (including phenoxy) is 1. The third kappa shape index (κ3) is 3.21. The molecule has 0 fully saturated rings. The highest BCUT2D eigenvalue weighted by molar-refractivity contribution is 5.87. The number of hydrogen-bond donors (Lipinski definition) is 1. The lowest BCUT2D eigenvalue weighted by Crippen LogP contribution is -2.40. The number of benzene rings is 1. The Morgan fingerprint density at radius 3 is 2.76 bits per heavy atom. The van der Waals surface area contributed by atoms with Gasteiger partial charge in [0, 0.05) is 6.04 Å². The second-order valence-electron chi connectivity index (χ2n) is 7.41. The Morgan fingerprint density at radius 2 is 2.08 bits per heavy atom. The van der Waals surface area contributed by atoms with E-state index >= 15 is 0 Å². The van der Waals surface area contributed by atoms with E-state index in [2.05, 4.69) is 55.3 Å². The number of nitrogens with one attached hydrogen (secondary N) is 1. The van der Waals surface area contributed by atoms with Gasteiger partial charge in [0.15, 0.2) is 0 Å². The minimum absolute atomic E-state index is 0.0385. The van der Waals surface area contributed by atoms with Crippen LogP contribution in [0.25, 0.3) is 0 Å². The maximum Gasteiger partial charge on any atom is 0.356 e. The van der Waals surface area contributed by atoms with Crippen molar-refractivity contribution in [2.45, 2.75) is 45.7 Å². The number of esters is 1. The van der Waals surface area contributed by atoms with Gasteiger partial charge in [-0.05, 0) is 35.9 Å². The number of carbonyl (C=O) groups is 1. The van der Waals surface area contributed by atoms with Crippen LogP contribution >= 0.6 is 0 Å². The van der Waals surface area contributed by atoms with Crippen LogP contribution in [0.2, 0.25) is 0 Å². The van der Waals surface area contributed by atoms with Crippen LogP contribution in [0.1, 0.15) is 67.3 Å². The second kappa shape index (κ2) is 7.00. The summed E-state index contributed by atoms with van der Waals surface area (Å²) in [6.07, 6.45) is 5.44. The topological polar surface area (TPSA) is 56.2 Å². The van der Waals surface area contributed by atoms with Gasteiger partial charge in [0.25, 0.3) is 0 Å². The smallest absolute Gasteiger partial charge is 0.356 e. The van der Waals surface area contributed by atoms with Gasteiger partial charge in [0.1, 0.15) is 5.69 Å². The molecule has 0 spiro atoms. The second-order valence-corrected chi connectivity index (χ2v) is 7.41. The van der Waals surface area contributed by atoms with Crippen molar-refractivity contribution in [1.82, 2.24) is 14.9 Å². The summed E-state index contributed by atoms with van der Waals surface area (Å²) in [4.78, 5) is 16.4. The third-order valence-corrected chi connectivity index (χ3v) is 5.12. The van der Waals surface area contributed by atoms with E-state index in [-0.39, 0.29) is 17.4 Å². The van der Waals surface area contributed by atoms with Crippen molar-refractivity contribution < 1.29 is 9.53 Å². The van der Waals surface area contributed by atoms with E-state index in [1.165, 1.54) is 18.2 Å². The third-order valence-electron chi connectivity index (χ3n) is 5.12. The fourth-order valence-electron chi connectivity index (χ4n) is 4.05. The molecule has 0 saturated heterocycles. The molecule has 0 amide bonds. The molecule has 0 radical (unpaired) electrons. The summed E-state index contributed by atoms with van der Waals surface area (Å²) in [5, 5.41) is 3.68. The molecule has 1 heterocycles. The summed E-state index contributed by atoms with van der Waals surface area (Å²) in [6, 6.07) is 8.89. The standard InChI is InChI=1S/C20H27N3O2/c1-5-10-22-16-11-20(2,3)18(15-9-7-6-8-14(15)16)23-13-21-12-17(23)19(24)25-4/h6-9,12-13,16,18,22H,5,10-11H2,1-4H3/t16-,18+/m1/s1. The molecule has 1 aliphatic carbocycles. The normalized spacial score (nSPS) is 21.6. The lowest BCUT2D eigenvalue weighted by atomic mass is 9.68. The van der Waals surface area contributed by atoms with Crippen LogP contribution in [0.15, 0.2) is 36.8 Å². The molecule has 1 N–H and O–H groups in total. The number of imidazole rings is 1. The maximum absolute atomic E-state index is 12.2. The van der Waals surface area contributed by atoms with E-state index in [0.717, 1.165) is 19.4 Å². The molecule has 0 bridgehead atoms. The van der Waals surface area contributed by atoms with E-state index in [0.29, 0.717) is 11.7 Å². The lowest BCUT2D eigenvalue weighted by Gasteiger charge is -2.45. The first-order valence-corrected chi connectivity index (χ1v) is 8.92. The molecule has 0 saturated carbocycles. The van der Waals surface area contributed by atoms with Crippen molar-refractivity contribution in [3.63, 3.8) is 0 Å². The van der Waals surface area contributed by atoms with Crippen molar-refractivity contribution >= 4 is 5.97 Å². The van der Waals surface area contributed by atoms with Crippen molar-refractivity contribution in [3.05, 3.63) is 53.6 Å². The van der Waals surface area contributed by atoms with Gasteiger partial charge in [0.05, 0.1) is 25.7 Å². The van der Waals surface area contributed by atoms with E-state index in [1.807, 2.05) is 4.57 Å². The molecule has 3 rings (SSSR count). The minimum atomic E-state index is -0.350. The number of nitrogens with zero attached hydrogens (tertiary/aromatic N) is 2. The van der Waals surface area contributed by atoms with Gasteiger partial charge < -0.3 is 14.6 Å². The quantitative estimate of drug-likeness (QED) is 0.842. The van der Waals surface area contributed by atoms with Gasteiger partial charge in [-0.3, -0.25) is 0 Å². The number of methoxy groups -OCH3 is 1. The molecule has 2 aromatic rings. The van der Waals surface area contributed by atoms with E-state index in [1.54, 1.807) is 12.5 Å². The number of fused-ring (bicyclic) bond motifs is 1.